The summed E-state index contributed by atoms with van der Waals surface area (Å²) in [6.07, 6.45) is 2.39. The van der Waals surface area contributed by atoms with E-state index in [1.165, 1.54) is 21.7 Å². The molecule has 1 aromatic carbocycles. The van der Waals surface area contributed by atoms with Gasteiger partial charge in [0.1, 0.15) is 16.6 Å². The molecule has 0 aliphatic carbocycles. The molecule has 0 spiro atoms. The largest absolute Gasteiger partial charge is 0.443 e. The molecule has 0 atom stereocenters. The van der Waals surface area contributed by atoms with Crippen molar-refractivity contribution in [3.05, 3.63) is 63.2 Å². The van der Waals surface area contributed by atoms with E-state index in [-0.39, 0.29) is 11.1 Å². The van der Waals surface area contributed by atoms with Gasteiger partial charge in [-0.3, -0.25) is 9.36 Å². The average Bonchev–Trinajstić information content (AvgIpc) is 2.87. The molecule has 0 saturated carbocycles. The molecule has 0 aliphatic rings. The molecule has 7 heteroatoms. The Hall–Kier alpha value is -2.41. The van der Waals surface area contributed by atoms with E-state index in [1.54, 1.807) is 20.8 Å². The maximum Gasteiger partial charge on any atom is 0.419 e. The maximum atomic E-state index is 12.9. The predicted molar refractivity (Wildman–Crippen MR) is 98.9 cm³/mol. The summed E-state index contributed by atoms with van der Waals surface area (Å²) in [6.45, 7) is 5.70. The summed E-state index contributed by atoms with van der Waals surface area (Å²) < 4.78 is 8.64. The zero-order chi connectivity index (χ0) is 18.2. The molecule has 130 valence electrons. The second-order valence-electron chi connectivity index (χ2n) is 6.69. The molecule has 0 aliphatic heterocycles. The molecule has 0 radical (unpaired) electrons. The lowest BCUT2D eigenvalue weighted by molar-refractivity contribution is 0.0544. The number of hydrogen-bond donors (Lipinski definition) is 0. The molecule has 0 amide bonds. The summed E-state index contributed by atoms with van der Waals surface area (Å²) in [4.78, 5) is 29.7. The Labute approximate surface area is 153 Å². The third kappa shape index (κ3) is 3.66. The highest BCUT2D eigenvalue weighted by Crippen LogP contribution is 2.23. The van der Waals surface area contributed by atoms with Crippen molar-refractivity contribution in [2.24, 2.45) is 0 Å². The van der Waals surface area contributed by atoms with Gasteiger partial charge in [0.05, 0.1) is 17.3 Å². The van der Waals surface area contributed by atoms with Crippen LogP contribution in [0.5, 0.6) is 0 Å². The van der Waals surface area contributed by atoms with E-state index >= 15 is 0 Å². The van der Waals surface area contributed by atoms with E-state index in [9.17, 15) is 9.59 Å². The van der Waals surface area contributed by atoms with Crippen LogP contribution in [-0.4, -0.2) is 25.8 Å². The van der Waals surface area contributed by atoms with E-state index in [2.05, 4.69) is 20.9 Å². The number of halogens is 1. The molecule has 6 nitrogen and oxygen atoms in total. The standard InChI is InChI=1S/C18H18BrN3O3/c1-18(2,3)25-17(24)22-10-13(19)14-15(22)16(23)21(11-20-14)9-12-7-5-4-6-8-12/h4-8,10-11H,9H2,1-3H3. The molecule has 2 heterocycles. The number of ether oxygens (including phenoxy) is 1. The first kappa shape index (κ1) is 17.4. The highest BCUT2D eigenvalue weighted by Gasteiger charge is 2.23. The van der Waals surface area contributed by atoms with Crippen molar-refractivity contribution < 1.29 is 9.53 Å². The number of rotatable bonds is 2. The number of nitrogens with zero attached hydrogens (tertiary/aromatic N) is 3. The predicted octanol–water partition coefficient (Wildman–Crippen LogP) is 3.79. The van der Waals surface area contributed by atoms with E-state index in [1.807, 2.05) is 30.3 Å². The van der Waals surface area contributed by atoms with Crippen molar-refractivity contribution >= 4 is 33.1 Å². The Morgan fingerprint density at radius 1 is 1.24 bits per heavy atom. The van der Waals surface area contributed by atoms with Gasteiger partial charge >= 0.3 is 6.09 Å². The zero-order valence-electron chi connectivity index (χ0n) is 14.2. The Morgan fingerprint density at radius 2 is 1.92 bits per heavy atom. The van der Waals surface area contributed by atoms with Gasteiger partial charge in [-0.1, -0.05) is 30.3 Å². The minimum absolute atomic E-state index is 0.194. The molecule has 25 heavy (non-hydrogen) atoms. The third-order valence-corrected chi connectivity index (χ3v) is 4.09. The van der Waals surface area contributed by atoms with Crippen molar-refractivity contribution in [1.82, 2.24) is 14.1 Å². The van der Waals surface area contributed by atoms with Crippen LogP contribution in [0.2, 0.25) is 0 Å². The molecule has 2 aromatic heterocycles. The van der Waals surface area contributed by atoms with Crippen LogP contribution >= 0.6 is 15.9 Å². The van der Waals surface area contributed by atoms with Crippen molar-refractivity contribution in [1.29, 1.82) is 0 Å². The molecular formula is C18H18BrN3O3. The van der Waals surface area contributed by atoms with Gasteiger partial charge in [0.15, 0.2) is 0 Å². The maximum absolute atomic E-state index is 12.9. The summed E-state index contributed by atoms with van der Waals surface area (Å²) in [7, 11) is 0. The zero-order valence-corrected chi connectivity index (χ0v) is 15.8. The first-order chi connectivity index (χ1) is 11.8. The molecule has 0 N–H and O–H groups in total. The molecule has 0 saturated heterocycles. The van der Waals surface area contributed by atoms with Gasteiger partial charge in [-0.25, -0.2) is 14.3 Å². The fourth-order valence-corrected chi connectivity index (χ4v) is 2.95. The van der Waals surface area contributed by atoms with Crippen molar-refractivity contribution in [3.63, 3.8) is 0 Å². The highest BCUT2D eigenvalue weighted by molar-refractivity contribution is 9.10. The minimum Gasteiger partial charge on any atom is -0.443 e. The van der Waals surface area contributed by atoms with E-state index in [0.29, 0.717) is 16.5 Å². The summed E-state index contributed by atoms with van der Waals surface area (Å²) in [6, 6.07) is 9.59. The van der Waals surface area contributed by atoms with Crippen molar-refractivity contribution in [3.8, 4) is 0 Å². The summed E-state index contributed by atoms with van der Waals surface area (Å²) in [5.41, 5.74) is 0.635. The number of hydrogen-bond acceptors (Lipinski definition) is 4. The van der Waals surface area contributed by atoms with Crippen LogP contribution < -0.4 is 5.56 Å². The number of carbonyl (C=O) groups excluding carboxylic acids is 1. The number of carbonyl (C=O) groups is 1. The van der Waals surface area contributed by atoms with Gasteiger partial charge < -0.3 is 4.74 Å². The van der Waals surface area contributed by atoms with Crippen LogP contribution in [0.15, 0.2) is 52.1 Å². The van der Waals surface area contributed by atoms with Crippen LogP contribution in [0, 0.1) is 0 Å². The van der Waals surface area contributed by atoms with Crippen LogP contribution in [0.25, 0.3) is 11.0 Å². The third-order valence-electron chi connectivity index (χ3n) is 3.51. The summed E-state index contributed by atoms with van der Waals surface area (Å²) in [5, 5.41) is 0. The lowest BCUT2D eigenvalue weighted by atomic mass is 10.2. The Bertz CT molecular complexity index is 984. The first-order valence-electron chi connectivity index (χ1n) is 7.79. The molecule has 0 unspecified atom stereocenters. The fraction of sp³-hybridized carbons (Fsp3) is 0.278. The lowest BCUT2D eigenvalue weighted by Gasteiger charge is -2.19. The second kappa shape index (κ2) is 6.48. The van der Waals surface area contributed by atoms with Crippen LogP contribution in [0.1, 0.15) is 26.3 Å². The summed E-state index contributed by atoms with van der Waals surface area (Å²) in [5.74, 6) is 0. The molecule has 3 rings (SSSR count). The average molecular weight is 404 g/mol. The number of benzene rings is 1. The Kier molecular flexibility index (Phi) is 4.51. The van der Waals surface area contributed by atoms with Gasteiger partial charge in [-0.15, -0.1) is 0 Å². The highest BCUT2D eigenvalue weighted by atomic mass is 79.9. The van der Waals surface area contributed by atoms with Gasteiger partial charge in [-0.2, -0.15) is 0 Å². The van der Waals surface area contributed by atoms with Crippen molar-refractivity contribution in [2.45, 2.75) is 32.9 Å². The lowest BCUT2D eigenvalue weighted by Crippen LogP contribution is -2.29. The summed E-state index contributed by atoms with van der Waals surface area (Å²) >= 11 is 3.35. The number of aromatic nitrogens is 3. The number of fused-ring (bicyclic) bond motifs is 1. The SMILES string of the molecule is CC(C)(C)OC(=O)n1cc(Br)c2ncn(Cc3ccccc3)c(=O)c21. The van der Waals surface area contributed by atoms with Gasteiger partial charge in [0, 0.05) is 6.20 Å². The van der Waals surface area contributed by atoms with Crippen LogP contribution in [0.3, 0.4) is 0 Å². The molecule has 3 aromatic rings. The monoisotopic (exact) mass is 403 g/mol. The van der Waals surface area contributed by atoms with Crippen LogP contribution in [-0.2, 0) is 11.3 Å². The molecule has 0 fully saturated rings. The topological polar surface area (TPSA) is 66.1 Å². The second-order valence-corrected chi connectivity index (χ2v) is 7.54. The Balaban J connectivity index is 2.09. The first-order valence-corrected chi connectivity index (χ1v) is 8.59. The van der Waals surface area contributed by atoms with Crippen molar-refractivity contribution in [2.75, 3.05) is 0 Å². The normalized spacial score (nSPS) is 11.7. The van der Waals surface area contributed by atoms with Gasteiger partial charge in [-0.05, 0) is 42.3 Å². The quantitative estimate of drug-likeness (QED) is 0.652. The van der Waals surface area contributed by atoms with Gasteiger partial charge in [0.25, 0.3) is 5.56 Å². The van der Waals surface area contributed by atoms with E-state index in [0.717, 1.165) is 5.56 Å². The molecule has 0 bridgehead atoms. The Morgan fingerprint density at radius 3 is 2.56 bits per heavy atom. The fourth-order valence-electron chi connectivity index (χ4n) is 2.46. The van der Waals surface area contributed by atoms with E-state index < -0.39 is 11.7 Å². The smallest absolute Gasteiger partial charge is 0.419 e. The van der Waals surface area contributed by atoms with Gasteiger partial charge in [0.2, 0.25) is 0 Å². The van der Waals surface area contributed by atoms with E-state index in [4.69, 9.17) is 4.74 Å². The van der Waals surface area contributed by atoms with Crippen LogP contribution in [0.4, 0.5) is 4.79 Å². The minimum atomic E-state index is -0.661. The molecular weight excluding hydrogens is 386 g/mol.